The SMILES string of the molecule is CCc1ccc(COc2c(C)cc(CCN)cc2C)s1. The van der Waals surface area contributed by atoms with Gasteiger partial charge < -0.3 is 10.5 Å². The summed E-state index contributed by atoms with van der Waals surface area (Å²) in [6.07, 6.45) is 2.02. The monoisotopic (exact) mass is 289 g/mol. The van der Waals surface area contributed by atoms with Crippen molar-refractivity contribution >= 4 is 11.3 Å². The Kier molecular flexibility index (Phi) is 5.21. The van der Waals surface area contributed by atoms with Crippen molar-refractivity contribution in [3.8, 4) is 5.75 Å². The first-order valence-corrected chi connectivity index (χ1v) is 7.96. The van der Waals surface area contributed by atoms with Crippen LogP contribution >= 0.6 is 11.3 Å². The molecule has 0 aliphatic rings. The Bertz CT molecular complexity index is 551. The molecule has 0 spiro atoms. The van der Waals surface area contributed by atoms with Gasteiger partial charge in [-0.05, 0) is 62.1 Å². The van der Waals surface area contributed by atoms with Gasteiger partial charge in [-0.15, -0.1) is 11.3 Å². The van der Waals surface area contributed by atoms with Crippen LogP contribution in [0.15, 0.2) is 24.3 Å². The molecule has 0 amide bonds. The molecular formula is C17H23NOS. The molecule has 2 N–H and O–H groups in total. The number of aryl methyl sites for hydroxylation is 3. The third-order valence-electron chi connectivity index (χ3n) is 3.38. The van der Waals surface area contributed by atoms with Gasteiger partial charge in [-0.2, -0.15) is 0 Å². The third-order valence-corrected chi connectivity index (χ3v) is 4.58. The van der Waals surface area contributed by atoms with Crippen LogP contribution in [-0.4, -0.2) is 6.54 Å². The van der Waals surface area contributed by atoms with Crippen LogP contribution in [0.1, 0.15) is 33.4 Å². The second-order valence-electron chi connectivity index (χ2n) is 5.11. The summed E-state index contributed by atoms with van der Waals surface area (Å²) in [7, 11) is 0. The largest absolute Gasteiger partial charge is 0.488 e. The van der Waals surface area contributed by atoms with Crippen LogP contribution in [0.2, 0.25) is 0 Å². The van der Waals surface area contributed by atoms with Crippen LogP contribution in [0, 0.1) is 13.8 Å². The minimum absolute atomic E-state index is 0.655. The Balaban J connectivity index is 2.09. The molecule has 2 nitrogen and oxygen atoms in total. The molecule has 0 unspecified atom stereocenters. The molecule has 3 heteroatoms. The van der Waals surface area contributed by atoms with Gasteiger partial charge in [-0.1, -0.05) is 19.1 Å². The van der Waals surface area contributed by atoms with Gasteiger partial charge in [0, 0.05) is 9.75 Å². The molecule has 20 heavy (non-hydrogen) atoms. The van der Waals surface area contributed by atoms with E-state index in [0.29, 0.717) is 13.2 Å². The summed E-state index contributed by atoms with van der Waals surface area (Å²) in [5, 5.41) is 0. The van der Waals surface area contributed by atoms with Crippen molar-refractivity contribution in [1.29, 1.82) is 0 Å². The molecule has 0 atom stereocenters. The van der Waals surface area contributed by atoms with Gasteiger partial charge in [-0.25, -0.2) is 0 Å². The maximum Gasteiger partial charge on any atom is 0.125 e. The van der Waals surface area contributed by atoms with Crippen molar-refractivity contribution < 1.29 is 4.74 Å². The fourth-order valence-electron chi connectivity index (χ4n) is 2.41. The van der Waals surface area contributed by atoms with Crippen molar-refractivity contribution in [1.82, 2.24) is 0 Å². The van der Waals surface area contributed by atoms with Crippen LogP contribution in [0.4, 0.5) is 0 Å². The van der Waals surface area contributed by atoms with E-state index in [0.717, 1.165) is 18.6 Å². The Labute approximate surface area is 125 Å². The van der Waals surface area contributed by atoms with Crippen LogP contribution in [-0.2, 0) is 19.4 Å². The lowest BCUT2D eigenvalue weighted by molar-refractivity contribution is 0.305. The summed E-state index contributed by atoms with van der Waals surface area (Å²) < 4.78 is 6.02. The van der Waals surface area contributed by atoms with Gasteiger partial charge in [-0.3, -0.25) is 0 Å². The highest BCUT2D eigenvalue weighted by atomic mass is 32.1. The molecule has 0 radical (unpaired) electrons. The van der Waals surface area contributed by atoms with E-state index in [-0.39, 0.29) is 0 Å². The minimum atomic E-state index is 0.655. The molecule has 1 heterocycles. The van der Waals surface area contributed by atoms with Gasteiger partial charge >= 0.3 is 0 Å². The number of ether oxygens (including phenoxy) is 1. The van der Waals surface area contributed by atoms with E-state index in [1.807, 2.05) is 11.3 Å². The van der Waals surface area contributed by atoms with Crippen LogP contribution < -0.4 is 10.5 Å². The Morgan fingerprint density at radius 1 is 1.10 bits per heavy atom. The van der Waals surface area contributed by atoms with E-state index >= 15 is 0 Å². The molecule has 2 aromatic rings. The van der Waals surface area contributed by atoms with Crippen molar-refractivity contribution in [3.05, 3.63) is 50.7 Å². The van der Waals surface area contributed by atoms with Gasteiger partial charge in [0.15, 0.2) is 0 Å². The Morgan fingerprint density at radius 2 is 1.75 bits per heavy atom. The van der Waals surface area contributed by atoms with E-state index in [4.69, 9.17) is 10.5 Å². The average molecular weight is 289 g/mol. The van der Waals surface area contributed by atoms with Crippen LogP contribution in [0.3, 0.4) is 0 Å². The molecule has 1 aromatic carbocycles. The summed E-state index contributed by atoms with van der Waals surface area (Å²) in [4.78, 5) is 2.70. The quantitative estimate of drug-likeness (QED) is 0.872. The summed E-state index contributed by atoms with van der Waals surface area (Å²) in [6, 6.07) is 8.71. The normalized spacial score (nSPS) is 10.8. The first kappa shape index (κ1) is 15.1. The lowest BCUT2D eigenvalue weighted by atomic mass is 10.0. The minimum Gasteiger partial charge on any atom is -0.488 e. The lowest BCUT2D eigenvalue weighted by Crippen LogP contribution is -2.04. The molecule has 0 fully saturated rings. The zero-order valence-corrected chi connectivity index (χ0v) is 13.3. The topological polar surface area (TPSA) is 35.2 Å². The summed E-state index contributed by atoms with van der Waals surface area (Å²) in [5.41, 5.74) is 9.30. The van der Waals surface area contributed by atoms with E-state index in [1.54, 1.807) is 0 Å². The summed E-state index contributed by atoms with van der Waals surface area (Å²) in [6.45, 7) is 7.74. The molecule has 2 rings (SSSR count). The van der Waals surface area contributed by atoms with E-state index in [9.17, 15) is 0 Å². The number of hydrogen-bond acceptors (Lipinski definition) is 3. The Morgan fingerprint density at radius 3 is 2.30 bits per heavy atom. The second-order valence-corrected chi connectivity index (χ2v) is 6.36. The highest BCUT2D eigenvalue weighted by Crippen LogP contribution is 2.27. The Hall–Kier alpha value is -1.32. The number of nitrogens with two attached hydrogens (primary N) is 1. The second kappa shape index (κ2) is 6.91. The highest BCUT2D eigenvalue weighted by molar-refractivity contribution is 7.11. The maximum absolute atomic E-state index is 6.02. The number of benzene rings is 1. The zero-order valence-electron chi connectivity index (χ0n) is 12.5. The first-order chi connectivity index (χ1) is 9.63. The predicted molar refractivity (Wildman–Crippen MR) is 86.7 cm³/mol. The van der Waals surface area contributed by atoms with E-state index < -0.39 is 0 Å². The molecule has 0 bridgehead atoms. The van der Waals surface area contributed by atoms with E-state index in [1.165, 1.54) is 26.4 Å². The third kappa shape index (κ3) is 3.62. The van der Waals surface area contributed by atoms with Crippen LogP contribution in [0.25, 0.3) is 0 Å². The number of rotatable bonds is 6. The molecule has 0 saturated carbocycles. The zero-order chi connectivity index (χ0) is 14.5. The lowest BCUT2D eigenvalue weighted by Gasteiger charge is -2.13. The number of thiophene rings is 1. The van der Waals surface area contributed by atoms with Gasteiger partial charge in [0.05, 0.1) is 0 Å². The number of hydrogen-bond donors (Lipinski definition) is 1. The summed E-state index contributed by atoms with van der Waals surface area (Å²) in [5.74, 6) is 1.01. The maximum atomic E-state index is 6.02. The van der Waals surface area contributed by atoms with Gasteiger partial charge in [0.1, 0.15) is 12.4 Å². The predicted octanol–water partition coefficient (Wildman–Crippen LogP) is 4.01. The first-order valence-electron chi connectivity index (χ1n) is 7.14. The standard InChI is InChI=1S/C17H23NOS/c1-4-15-5-6-16(20-15)11-19-17-12(2)9-14(7-8-18)10-13(17)3/h5-6,9-10H,4,7-8,11,18H2,1-3H3. The fourth-order valence-corrected chi connectivity index (χ4v) is 3.28. The van der Waals surface area contributed by atoms with Crippen molar-refractivity contribution in [3.63, 3.8) is 0 Å². The average Bonchev–Trinajstić information content (AvgIpc) is 2.86. The van der Waals surface area contributed by atoms with Gasteiger partial charge in [0.2, 0.25) is 0 Å². The molecular weight excluding hydrogens is 266 g/mol. The van der Waals surface area contributed by atoms with Crippen LogP contribution in [0.5, 0.6) is 5.75 Å². The summed E-state index contributed by atoms with van der Waals surface area (Å²) >= 11 is 1.83. The molecule has 0 aliphatic carbocycles. The molecule has 108 valence electrons. The molecule has 0 aliphatic heterocycles. The fraction of sp³-hybridized carbons (Fsp3) is 0.412. The smallest absolute Gasteiger partial charge is 0.125 e. The van der Waals surface area contributed by atoms with E-state index in [2.05, 4.69) is 45.0 Å². The van der Waals surface area contributed by atoms with Crippen molar-refractivity contribution in [2.24, 2.45) is 5.73 Å². The van der Waals surface area contributed by atoms with Crippen molar-refractivity contribution in [2.75, 3.05) is 6.54 Å². The van der Waals surface area contributed by atoms with Gasteiger partial charge in [0.25, 0.3) is 0 Å². The molecule has 1 aromatic heterocycles. The van der Waals surface area contributed by atoms with Crippen molar-refractivity contribution in [2.45, 2.75) is 40.2 Å². The molecule has 0 saturated heterocycles. The highest BCUT2D eigenvalue weighted by Gasteiger charge is 2.07.